The number of hydrogen-bond donors (Lipinski definition) is 1. The maximum Gasteiger partial charge on any atom is 0.335 e. The molecule has 1 aromatic rings. The summed E-state index contributed by atoms with van der Waals surface area (Å²) in [5, 5.41) is 0. The third kappa shape index (κ3) is 6.91. The van der Waals surface area contributed by atoms with E-state index in [1.54, 1.807) is 20.8 Å². The summed E-state index contributed by atoms with van der Waals surface area (Å²) in [6.07, 6.45) is 2.87. The van der Waals surface area contributed by atoms with E-state index in [2.05, 4.69) is 17.0 Å². The van der Waals surface area contributed by atoms with E-state index in [1.807, 2.05) is 32.0 Å². The molecule has 0 bridgehead atoms. The first-order chi connectivity index (χ1) is 13.0. The first kappa shape index (κ1) is 22.4. The highest BCUT2D eigenvalue weighted by molar-refractivity contribution is 5.99. The van der Waals surface area contributed by atoms with Crippen LogP contribution in [0.25, 0.3) is 0 Å². The van der Waals surface area contributed by atoms with Gasteiger partial charge in [0, 0.05) is 19.0 Å². The molecule has 0 unspecified atom stereocenters. The van der Waals surface area contributed by atoms with E-state index in [0.717, 1.165) is 25.9 Å². The molecule has 156 valence electrons. The van der Waals surface area contributed by atoms with Crippen molar-refractivity contribution in [3.8, 4) is 0 Å². The summed E-state index contributed by atoms with van der Waals surface area (Å²) in [4.78, 5) is 26.8. The van der Waals surface area contributed by atoms with E-state index in [9.17, 15) is 9.59 Å². The number of carbonyl (C=O) groups excluding carboxylic acids is 2. The molecule has 0 radical (unpaired) electrons. The van der Waals surface area contributed by atoms with Crippen molar-refractivity contribution in [1.29, 1.82) is 0 Å². The Morgan fingerprint density at radius 1 is 1.11 bits per heavy atom. The molecule has 2 atom stereocenters. The smallest absolute Gasteiger partial charge is 0.335 e. The molecule has 2 rings (SSSR count). The Balaban J connectivity index is 1.92. The van der Waals surface area contributed by atoms with Gasteiger partial charge in [-0.25, -0.2) is 9.59 Å². The average molecular weight is 391 g/mol. The van der Waals surface area contributed by atoms with Crippen LogP contribution >= 0.6 is 0 Å². The average Bonchev–Trinajstić information content (AvgIpc) is 2.99. The van der Waals surface area contributed by atoms with Gasteiger partial charge in [0.1, 0.15) is 11.2 Å². The topological polar surface area (TPSA) is 81.9 Å². The minimum atomic E-state index is -1.43. The monoisotopic (exact) mass is 390 g/mol. The second-order valence-corrected chi connectivity index (χ2v) is 9.15. The summed E-state index contributed by atoms with van der Waals surface area (Å²) in [6.45, 7) is 10.8. The predicted octanol–water partition coefficient (Wildman–Crippen LogP) is 3.03. The summed E-state index contributed by atoms with van der Waals surface area (Å²) < 4.78 is 10.8. The highest BCUT2D eigenvalue weighted by atomic mass is 16.6. The maximum atomic E-state index is 12.4. The fourth-order valence-electron chi connectivity index (χ4n) is 3.56. The lowest BCUT2D eigenvalue weighted by atomic mass is 9.96. The minimum absolute atomic E-state index is 0.320. The summed E-state index contributed by atoms with van der Waals surface area (Å²) in [6, 6.07) is 9.25. The molecule has 1 fully saturated rings. The van der Waals surface area contributed by atoms with Gasteiger partial charge in [-0.2, -0.15) is 0 Å². The maximum absolute atomic E-state index is 12.4. The van der Waals surface area contributed by atoms with E-state index < -0.39 is 29.2 Å². The standard InChI is InChI=1S/C22H34N2O4/c1-21(2,3)27-19(25)18(23)20(26)28-22(4,5)14-17-12-9-13-24(17)15-16-10-7-6-8-11-16/h6-8,10-11,17-18H,9,12-15,23H2,1-5H3/t17-,18-/m0/s1. The molecule has 1 heterocycles. The zero-order valence-corrected chi connectivity index (χ0v) is 17.7. The predicted molar refractivity (Wildman–Crippen MR) is 108 cm³/mol. The largest absolute Gasteiger partial charge is 0.458 e. The van der Waals surface area contributed by atoms with Gasteiger partial charge in [0.25, 0.3) is 0 Å². The van der Waals surface area contributed by atoms with Crippen molar-refractivity contribution in [1.82, 2.24) is 4.90 Å². The quantitative estimate of drug-likeness (QED) is 0.569. The van der Waals surface area contributed by atoms with Gasteiger partial charge in [-0.15, -0.1) is 0 Å². The van der Waals surface area contributed by atoms with Crippen LogP contribution in [0.4, 0.5) is 0 Å². The molecule has 1 aromatic carbocycles. The number of likely N-dealkylation sites (tertiary alicyclic amines) is 1. The van der Waals surface area contributed by atoms with Crippen molar-refractivity contribution in [3.05, 3.63) is 35.9 Å². The molecule has 6 nitrogen and oxygen atoms in total. The summed E-state index contributed by atoms with van der Waals surface area (Å²) in [5.74, 6) is -1.51. The fraction of sp³-hybridized carbons (Fsp3) is 0.636. The Labute approximate surface area is 168 Å². The number of carbonyl (C=O) groups is 2. The second kappa shape index (κ2) is 9.05. The molecule has 6 heteroatoms. The van der Waals surface area contributed by atoms with Crippen molar-refractivity contribution >= 4 is 11.9 Å². The molecule has 1 aliphatic heterocycles. The lowest BCUT2D eigenvalue weighted by Gasteiger charge is -2.33. The van der Waals surface area contributed by atoms with E-state index >= 15 is 0 Å². The first-order valence-corrected chi connectivity index (χ1v) is 9.96. The highest BCUT2D eigenvalue weighted by Gasteiger charge is 2.36. The number of hydrogen-bond acceptors (Lipinski definition) is 6. The Bertz CT molecular complexity index is 667. The van der Waals surface area contributed by atoms with Crippen molar-refractivity contribution in [2.24, 2.45) is 5.73 Å². The lowest BCUT2D eigenvalue weighted by molar-refractivity contribution is -0.170. The Kier molecular flexibility index (Phi) is 7.23. The zero-order valence-electron chi connectivity index (χ0n) is 17.7. The van der Waals surface area contributed by atoms with E-state index in [4.69, 9.17) is 15.2 Å². The van der Waals surface area contributed by atoms with Gasteiger partial charge in [-0.05, 0) is 59.6 Å². The summed E-state index contributed by atoms with van der Waals surface area (Å²) in [7, 11) is 0. The number of esters is 2. The van der Waals surface area contributed by atoms with Crippen LogP contribution in [-0.4, -0.2) is 46.7 Å². The fourth-order valence-corrected chi connectivity index (χ4v) is 3.56. The van der Waals surface area contributed by atoms with Gasteiger partial charge in [0.15, 0.2) is 0 Å². The van der Waals surface area contributed by atoms with E-state index in [0.29, 0.717) is 12.5 Å². The van der Waals surface area contributed by atoms with Gasteiger partial charge in [-0.1, -0.05) is 30.3 Å². The molecular weight excluding hydrogens is 356 g/mol. The van der Waals surface area contributed by atoms with Crippen molar-refractivity contribution in [3.63, 3.8) is 0 Å². The molecule has 0 aliphatic carbocycles. The van der Waals surface area contributed by atoms with Crippen molar-refractivity contribution in [2.75, 3.05) is 6.54 Å². The zero-order chi connectivity index (χ0) is 20.9. The van der Waals surface area contributed by atoms with Crippen LogP contribution in [0.2, 0.25) is 0 Å². The van der Waals surface area contributed by atoms with Gasteiger partial charge in [0.2, 0.25) is 6.04 Å². The van der Waals surface area contributed by atoms with Gasteiger partial charge in [-0.3, -0.25) is 4.90 Å². The number of benzene rings is 1. The number of nitrogens with two attached hydrogens (primary N) is 1. The van der Waals surface area contributed by atoms with Crippen LogP contribution in [0, 0.1) is 0 Å². The molecule has 1 saturated heterocycles. The number of ether oxygens (including phenoxy) is 2. The van der Waals surface area contributed by atoms with Crippen molar-refractivity contribution < 1.29 is 19.1 Å². The molecular formula is C22H34N2O4. The van der Waals surface area contributed by atoms with E-state index in [-0.39, 0.29) is 0 Å². The second-order valence-electron chi connectivity index (χ2n) is 9.15. The molecule has 1 aliphatic rings. The van der Waals surface area contributed by atoms with Crippen LogP contribution < -0.4 is 5.73 Å². The van der Waals surface area contributed by atoms with Crippen molar-refractivity contribution in [2.45, 2.75) is 83.7 Å². The SMILES string of the molecule is CC(C)(C)OC(=O)[C@H](N)C(=O)OC(C)(C)C[C@@H]1CCCN1Cc1ccccc1. The molecule has 0 spiro atoms. The number of nitrogens with zero attached hydrogens (tertiary/aromatic N) is 1. The van der Waals surface area contributed by atoms with Crippen LogP contribution in [0.15, 0.2) is 30.3 Å². The van der Waals surface area contributed by atoms with Crippen LogP contribution in [0.3, 0.4) is 0 Å². The lowest BCUT2D eigenvalue weighted by Crippen LogP contribution is -2.47. The molecule has 0 saturated carbocycles. The highest BCUT2D eigenvalue weighted by Crippen LogP contribution is 2.29. The molecule has 28 heavy (non-hydrogen) atoms. The molecule has 0 aromatic heterocycles. The van der Waals surface area contributed by atoms with Gasteiger partial charge < -0.3 is 15.2 Å². The third-order valence-corrected chi connectivity index (χ3v) is 4.75. The Morgan fingerprint density at radius 3 is 2.32 bits per heavy atom. The number of rotatable bonds is 7. The normalized spacial score (nSPS) is 19.3. The molecule has 0 amide bonds. The Hall–Kier alpha value is -1.92. The van der Waals surface area contributed by atoms with Crippen LogP contribution in [-0.2, 0) is 25.6 Å². The van der Waals surface area contributed by atoms with Crippen LogP contribution in [0.5, 0.6) is 0 Å². The molecule has 2 N–H and O–H groups in total. The van der Waals surface area contributed by atoms with E-state index in [1.165, 1.54) is 5.56 Å². The Morgan fingerprint density at radius 2 is 1.71 bits per heavy atom. The van der Waals surface area contributed by atoms with Crippen LogP contribution in [0.1, 0.15) is 59.4 Å². The third-order valence-electron chi connectivity index (χ3n) is 4.75. The van der Waals surface area contributed by atoms with Gasteiger partial charge in [0.05, 0.1) is 0 Å². The first-order valence-electron chi connectivity index (χ1n) is 9.96. The minimum Gasteiger partial charge on any atom is -0.458 e. The summed E-state index contributed by atoms with van der Waals surface area (Å²) >= 11 is 0. The van der Waals surface area contributed by atoms with Gasteiger partial charge >= 0.3 is 11.9 Å². The summed E-state index contributed by atoms with van der Waals surface area (Å²) in [5.41, 5.74) is 5.60.